The van der Waals surface area contributed by atoms with Crippen molar-refractivity contribution in [2.75, 3.05) is 36.1 Å². The number of hydrogen-bond acceptors (Lipinski definition) is 6. The van der Waals surface area contributed by atoms with Crippen molar-refractivity contribution in [3.63, 3.8) is 0 Å². The number of hydrogen-bond donors (Lipinski definition) is 1. The van der Waals surface area contributed by atoms with E-state index in [0.717, 1.165) is 57.7 Å². The number of morpholine rings is 1. The van der Waals surface area contributed by atoms with Gasteiger partial charge in [-0.25, -0.2) is 9.97 Å². The third-order valence-corrected chi connectivity index (χ3v) is 9.07. The van der Waals surface area contributed by atoms with Gasteiger partial charge in [-0.3, -0.25) is 4.79 Å². The number of nitrogens with zero attached hydrogens (tertiary/aromatic N) is 4. The highest BCUT2D eigenvalue weighted by Gasteiger charge is 2.31. The zero-order valence-electron chi connectivity index (χ0n) is 28.9. The van der Waals surface area contributed by atoms with Crippen LogP contribution in [0.5, 0.6) is 0 Å². The average Bonchev–Trinajstić information content (AvgIpc) is 3.05. The Morgan fingerprint density at radius 3 is 2.29 bits per heavy atom. The Kier molecular flexibility index (Phi) is 11.3. The van der Waals surface area contributed by atoms with Gasteiger partial charge < -0.3 is 19.6 Å². The monoisotopic (exact) mass is 674 g/mol. The van der Waals surface area contributed by atoms with Crippen molar-refractivity contribution in [3.8, 4) is 11.1 Å². The van der Waals surface area contributed by atoms with Gasteiger partial charge in [0.15, 0.2) is 0 Å². The van der Waals surface area contributed by atoms with Crippen molar-refractivity contribution in [2.24, 2.45) is 0 Å². The Labute approximate surface area is 286 Å². The molecule has 0 saturated carbocycles. The Bertz CT molecular complexity index is 1770. The van der Waals surface area contributed by atoms with E-state index in [9.17, 15) is 23.1 Å². The SMILES string of the molecule is Cc1cc(CN(Cc2cc(C)ccc2-c2cc(C(C)C)cc(CCCC(=O)O)c2C)c2ncc(N3CCOCC3)cn2)cc(C(F)(F)F)c1. The maximum Gasteiger partial charge on any atom is 0.416 e. The van der Waals surface area contributed by atoms with Crippen molar-refractivity contribution in [2.45, 2.75) is 79.1 Å². The minimum atomic E-state index is -4.47. The number of carbonyl (C=O) groups is 1. The summed E-state index contributed by atoms with van der Waals surface area (Å²) in [6, 6.07) is 14.8. The lowest BCUT2D eigenvalue weighted by Gasteiger charge is -2.29. The summed E-state index contributed by atoms with van der Waals surface area (Å²) < 4.78 is 47.1. The zero-order chi connectivity index (χ0) is 35.3. The molecule has 260 valence electrons. The van der Waals surface area contributed by atoms with E-state index in [4.69, 9.17) is 14.7 Å². The highest BCUT2D eigenvalue weighted by Crippen LogP contribution is 2.36. The van der Waals surface area contributed by atoms with Crippen LogP contribution in [-0.4, -0.2) is 47.3 Å². The molecule has 49 heavy (non-hydrogen) atoms. The number of benzene rings is 3. The van der Waals surface area contributed by atoms with E-state index in [1.54, 1.807) is 25.4 Å². The molecule has 1 saturated heterocycles. The first-order valence-corrected chi connectivity index (χ1v) is 16.8. The maximum atomic E-state index is 13.9. The van der Waals surface area contributed by atoms with Crippen LogP contribution >= 0.6 is 0 Å². The molecule has 4 aromatic rings. The third-order valence-electron chi connectivity index (χ3n) is 9.07. The van der Waals surface area contributed by atoms with E-state index >= 15 is 0 Å². The van der Waals surface area contributed by atoms with E-state index in [1.807, 2.05) is 11.8 Å². The lowest BCUT2D eigenvalue weighted by molar-refractivity contribution is -0.138. The zero-order valence-corrected chi connectivity index (χ0v) is 28.9. The summed E-state index contributed by atoms with van der Waals surface area (Å²) in [4.78, 5) is 24.9. The number of aromatic nitrogens is 2. The van der Waals surface area contributed by atoms with Crippen molar-refractivity contribution in [1.29, 1.82) is 0 Å². The van der Waals surface area contributed by atoms with Crippen LogP contribution in [-0.2, 0) is 35.2 Å². The molecule has 0 atom stereocenters. The van der Waals surface area contributed by atoms with Crippen molar-refractivity contribution in [3.05, 3.63) is 105 Å². The van der Waals surface area contributed by atoms with Gasteiger partial charge in [-0.15, -0.1) is 0 Å². The van der Waals surface area contributed by atoms with Gasteiger partial charge in [0.1, 0.15) is 0 Å². The van der Waals surface area contributed by atoms with Crippen molar-refractivity contribution >= 4 is 17.6 Å². The van der Waals surface area contributed by atoms with E-state index in [2.05, 4.69) is 56.0 Å². The molecule has 0 amide bonds. The molecule has 1 N–H and O–H groups in total. The number of ether oxygens (including phenoxy) is 1. The molecule has 1 fully saturated rings. The van der Waals surface area contributed by atoms with E-state index in [0.29, 0.717) is 49.7 Å². The molecule has 1 aromatic heterocycles. The van der Waals surface area contributed by atoms with Crippen LogP contribution in [0.15, 0.2) is 60.9 Å². The molecule has 0 aliphatic carbocycles. The molecule has 0 unspecified atom stereocenters. The van der Waals surface area contributed by atoms with Crippen LogP contribution in [0.1, 0.15) is 77.1 Å². The summed E-state index contributed by atoms with van der Waals surface area (Å²) >= 11 is 0. The molecule has 0 spiro atoms. The predicted molar refractivity (Wildman–Crippen MR) is 187 cm³/mol. The number of carboxylic acid groups (broad SMARTS) is 1. The summed E-state index contributed by atoms with van der Waals surface area (Å²) in [5.41, 5.74) is 8.72. The second kappa shape index (κ2) is 15.4. The van der Waals surface area contributed by atoms with Gasteiger partial charge in [-0.1, -0.05) is 61.4 Å². The summed E-state index contributed by atoms with van der Waals surface area (Å²) in [5, 5.41) is 9.26. The summed E-state index contributed by atoms with van der Waals surface area (Å²) in [7, 11) is 0. The summed E-state index contributed by atoms with van der Waals surface area (Å²) in [6.07, 6.45) is 0.373. The van der Waals surface area contributed by atoms with E-state index < -0.39 is 17.7 Å². The fraction of sp³-hybridized carbons (Fsp3) is 0.410. The lowest BCUT2D eigenvalue weighted by Crippen LogP contribution is -2.36. The van der Waals surface area contributed by atoms with Crippen LogP contribution in [0, 0.1) is 20.8 Å². The third kappa shape index (κ3) is 9.17. The summed E-state index contributed by atoms with van der Waals surface area (Å²) in [6.45, 7) is 13.3. The largest absolute Gasteiger partial charge is 0.481 e. The topological polar surface area (TPSA) is 78.8 Å². The number of aliphatic carboxylic acids is 1. The number of alkyl halides is 3. The number of halogens is 3. The van der Waals surface area contributed by atoms with Crippen LogP contribution in [0.4, 0.5) is 24.8 Å². The molecule has 3 aromatic carbocycles. The number of rotatable bonds is 12. The maximum absolute atomic E-state index is 13.9. The fourth-order valence-corrected chi connectivity index (χ4v) is 6.42. The molecule has 2 heterocycles. The Hall–Kier alpha value is -4.44. The van der Waals surface area contributed by atoms with Gasteiger partial charge in [0.2, 0.25) is 5.95 Å². The first-order chi connectivity index (χ1) is 23.3. The second-order valence-corrected chi connectivity index (χ2v) is 13.3. The van der Waals surface area contributed by atoms with E-state index in [-0.39, 0.29) is 18.9 Å². The van der Waals surface area contributed by atoms with Gasteiger partial charge in [-0.05, 0) is 90.6 Å². The number of aryl methyl sites for hydroxylation is 3. The molecule has 10 heteroatoms. The van der Waals surface area contributed by atoms with Gasteiger partial charge >= 0.3 is 12.1 Å². The van der Waals surface area contributed by atoms with Crippen LogP contribution in [0.2, 0.25) is 0 Å². The fourth-order valence-electron chi connectivity index (χ4n) is 6.42. The van der Waals surface area contributed by atoms with Crippen LogP contribution in [0.3, 0.4) is 0 Å². The second-order valence-electron chi connectivity index (χ2n) is 13.3. The van der Waals surface area contributed by atoms with Gasteiger partial charge in [0.05, 0.1) is 36.9 Å². The van der Waals surface area contributed by atoms with Crippen LogP contribution < -0.4 is 9.80 Å². The van der Waals surface area contributed by atoms with Gasteiger partial charge in [-0.2, -0.15) is 13.2 Å². The Balaban J connectivity index is 1.58. The minimum absolute atomic E-state index is 0.102. The highest BCUT2D eigenvalue weighted by atomic mass is 19.4. The highest BCUT2D eigenvalue weighted by molar-refractivity contribution is 5.74. The van der Waals surface area contributed by atoms with Crippen molar-refractivity contribution in [1.82, 2.24) is 9.97 Å². The van der Waals surface area contributed by atoms with Gasteiger partial charge in [0, 0.05) is 32.6 Å². The molecular formula is C39H45F3N4O3. The normalized spacial score (nSPS) is 13.6. The standard InChI is InChI=1S/C39H45F3N4O3/c1-25(2)31-19-30(7-6-8-37(47)48)28(5)36(20-31)35-10-9-26(3)16-32(35)24-46(23-29-15-27(4)17-33(18-29)39(40,41)42)38-43-21-34(22-44-38)45-11-13-49-14-12-45/h9-10,15-22,25H,6-8,11-14,23-24H2,1-5H3,(H,47,48). The first kappa shape index (κ1) is 35.9. The average molecular weight is 675 g/mol. The molecule has 1 aliphatic heterocycles. The quantitative estimate of drug-likeness (QED) is 0.161. The molecule has 0 bridgehead atoms. The summed E-state index contributed by atoms with van der Waals surface area (Å²) in [5.74, 6) is -0.137. The Morgan fingerprint density at radius 2 is 1.63 bits per heavy atom. The van der Waals surface area contributed by atoms with Crippen molar-refractivity contribution < 1.29 is 27.8 Å². The molecule has 7 nitrogen and oxygen atoms in total. The smallest absolute Gasteiger partial charge is 0.416 e. The molecule has 5 rings (SSSR count). The number of carboxylic acids is 1. The van der Waals surface area contributed by atoms with Crippen LogP contribution in [0.25, 0.3) is 11.1 Å². The van der Waals surface area contributed by atoms with Gasteiger partial charge in [0.25, 0.3) is 0 Å². The number of anilines is 2. The molecule has 1 aliphatic rings. The van der Waals surface area contributed by atoms with E-state index in [1.165, 1.54) is 12.1 Å². The minimum Gasteiger partial charge on any atom is -0.481 e. The Morgan fingerprint density at radius 1 is 0.918 bits per heavy atom. The molecular weight excluding hydrogens is 629 g/mol. The lowest BCUT2D eigenvalue weighted by atomic mass is 9.86. The predicted octanol–water partition coefficient (Wildman–Crippen LogP) is 8.66. The molecule has 0 radical (unpaired) electrons. The first-order valence-electron chi connectivity index (χ1n) is 16.8.